The Morgan fingerprint density at radius 3 is 2.52 bits per heavy atom. The van der Waals surface area contributed by atoms with Gasteiger partial charge in [0, 0.05) is 12.3 Å². The summed E-state index contributed by atoms with van der Waals surface area (Å²) < 4.78 is 1.45. The predicted molar refractivity (Wildman–Crippen MR) is 105 cm³/mol. The van der Waals surface area contributed by atoms with E-state index in [4.69, 9.17) is 0 Å². The molecule has 3 aromatic rings. The van der Waals surface area contributed by atoms with E-state index in [0.717, 1.165) is 11.1 Å². The summed E-state index contributed by atoms with van der Waals surface area (Å²) >= 11 is 1.36. The van der Waals surface area contributed by atoms with Gasteiger partial charge in [0.1, 0.15) is 0 Å². The van der Waals surface area contributed by atoms with Crippen LogP contribution in [0.15, 0.2) is 64.9 Å². The lowest BCUT2D eigenvalue weighted by atomic mass is 10.1. The van der Waals surface area contributed by atoms with Gasteiger partial charge in [-0.1, -0.05) is 29.8 Å². The van der Waals surface area contributed by atoms with Gasteiger partial charge < -0.3 is 4.57 Å². The number of aromatic nitrogens is 1. The number of thiophene rings is 1. The van der Waals surface area contributed by atoms with E-state index >= 15 is 0 Å². The molecule has 3 N–H and O–H groups in total. The van der Waals surface area contributed by atoms with E-state index in [2.05, 4.69) is 16.2 Å². The number of urea groups is 1. The van der Waals surface area contributed by atoms with Crippen LogP contribution in [-0.4, -0.2) is 16.5 Å². The smallest absolute Gasteiger partial charge is 0.310 e. The van der Waals surface area contributed by atoms with Gasteiger partial charge in [-0.2, -0.15) is 0 Å². The number of pyridine rings is 1. The predicted octanol–water partition coefficient (Wildman–Crippen LogP) is 2.73. The molecule has 0 spiro atoms. The fraction of sp³-hybridized carbons (Fsp3) is 0.105. The molecule has 0 radical (unpaired) electrons. The molecule has 3 rings (SSSR count). The van der Waals surface area contributed by atoms with Crippen molar-refractivity contribution in [2.24, 2.45) is 0 Å². The van der Waals surface area contributed by atoms with Crippen molar-refractivity contribution < 1.29 is 9.59 Å². The van der Waals surface area contributed by atoms with Gasteiger partial charge >= 0.3 is 6.03 Å². The van der Waals surface area contributed by atoms with Crippen molar-refractivity contribution in [3.05, 3.63) is 87.2 Å². The minimum Gasteiger partial charge on any atom is -0.310 e. The Morgan fingerprint density at radius 2 is 1.81 bits per heavy atom. The fourth-order valence-electron chi connectivity index (χ4n) is 2.36. The lowest BCUT2D eigenvalue weighted by Gasteiger charge is -2.10. The molecule has 7 nitrogen and oxygen atoms in total. The minimum absolute atomic E-state index is 0.212. The number of hydrogen-bond acceptors (Lipinski definition) is 4. The third kappa shape index (κ3) is 5.05. The number of carbonyl (C=O) groups excluding carboxylic acids is 2. The molecule has 0 fully saturated rings. The van der Waals surface area contributed by atoms with E-state index in [0.29, 0.717) is 11.5 Å². The number of hydrogen-bond donors (Lipinski definition) is 3. The van der Waals surface area contributed by atoms with Crippen LogP contribution in [0, 0.1) is 6.92 Å². The standard InChI is InChI=1S/C19H18N4O3S/c1-13-4-6-14(7-5-13)11-23-12-15(8-9-17(23)24)18(25)21-22-19(26)20-16-3-2-10-27-16/h2-10,12H,11H2,1H3,(H,21,25)(H2,20,22,26). The Bertz CT molecular complexity index is 995. The van der Waals surface area contributed by atoms with Gasteiger partial charge in [-0.05, 0) is 36.1 Å². The van der Waals surface area contributed by atoms with Crippen molar-refractivity contribution in [1.29, 1.82) is 0 Å². The molecule has 0 aliphatic heterocycles. The summed E-state index contributed by atoms with van der Waals surface area (Å²) in [5.41, 5.74) is 6.73. The van der Waals surface area contributed by atoms with Gasteiger partial charge in [0.05, 0.1) is 17.1 Å². The molecule has 8 heteroatoms. The second-order valence-electron chi connectivity index (χ2n) is 5.88. The molecule has 0 aliphatic carbocycles. The molecule has 1 aromatic carbocycles. The first kappa shape index (κ1) is 18.4. The number of aryl methyl sites for hydroxylation is 1. The monoisotopic (exact) mass is 382 g/mol. The van der Waals surface area contributed by atoms with Crippen LogP contribution in [-0.2, 0) is 6.54 Å². The van der Waals surface area contributed by atoms with Crippen LogP contribution < -0.4 is 21.7 Å². The Morgan fingerprint density at radius 1 is 1.04 bits per heavy atom. The first-order valence-corrected chi connectivity index (χ1v) is 9.06. The number of carbonyl (C=O) groups is 2. The fourth-order valence-corrected chi connectivity index (χ4v) is 2.97. The third-order valence-electron chi connectivity index (χ3n) is 3.77. The first-order valence-electron chi connectivity index (χ1n) is 8.18. The van der Waals surface area contributed by atoms with Crippen LogP contribution in [0.1, 0.15) is 21.5 Å². The molecule has 0 saturated carbocycles. The number of rotatable bonds is 4. The van der Waals surface area contributed by atoms with Gasteiger partial charge in [-0.25, -0.2) is 10.2 Å². The highest BCUT2D eigenvalue weighted by atomic mass is 32.1. The van der Waals surface area contributed by atoms with Crippen LogP contribution >= 0.6 is 11.3 Å². The van der Waals surface area contributed by atoms with Gasteiger partial charge in [0.2, 0.25) is 0 Å². The molecule has 0 saturated heterocycles. The van der Waals surface area contributed by atoms with Crippen LogP contribution in [0.2, 0.25) is 0 Å². The van der Waals surface area contributed by atoms with Crippen molar-refractivity contribution in [1.82, 2.24) is 15.4 Å². The maximum absolute atomic E-state index is 12.2. The van der Waals surface area contributed by atoms with Crippen molar-refractivity contribution in [3.63, 3.8) is 0 Å². The topological polar surface area (TPSA) is 92.2 Å². The molecular formula is C19H18N4O3S. The van der Waals surface area contributed by atoms with E-state index in [1.807, 2.05) is 36.6 Å². The Hall–Kier alpha value is -3.39. The summed E-state index contributed by atoms with van der Waals surface area (Å²) in [4.78, 5) is 36.1. The molecular weight excluding hydrogens is 364 g/mol. The molecule has 0 bridgehead atoms. The van der Waals surface area contributed by atoms with Crippen LogP contribution in [0.25, 0.3) is 0 Å². The first-order chi connectivity index (χ1) is 13.0. The van der Waals surface area contributed by atoms with Crippen molar-refractivity contribution in [2.45, 2.75) is 13.5 Å². The maximum atomic E-state index is 12.2. The number of anilines is 1. The highest BCUT2D eigenvalue weighted by Gasteiger charge is 2.10. The summed E-state index contributed by atoms with van der Waals surface area (Å²) in [5, 5.41) is 5.07. The molecule has 27 heavy (non-hydrogen) atoms. The maximum Gasteiger partial charge on any atom is 0.338 e. The van der Waals surface area contributed by atoms with Crippen molar-refractivity contribution in [3.8, 4) is 0 Å². The van der Waals surface area contributed by atoms with Crippen molar-refractivity contribution >= 4 is 28.3 Å². The van der Waals surface area contributed by atoms with Gasteiger partial charge in [0.15, 0.2) is 0 Å². The number of nitrogens with zero attached hydrogens (tertiary/aromatic N) is 1. The quantitative estimate of drug-likeness (QED) is 0.606. The molecule has 2 heterocycles. The second kappa shape index (κ2) is 8.33. The highest BCUT2D eigenvalue weighted by molar-refractivity contribution is 7.14. The van der Waals surface area contributed by atoms with E-state index < -0.39 is 11.9 Å². The number of benzene rings is 1. The van der Waals surface area contributed by atoms with E-state index in [1.54, 1.807) is 12.1 Å². The van der Waals surface area contributed by atoms with E-state index in [1.165, 1.54) is 34.2 Å². The zero-order valence-corrected chi connectivity index (χ0v) is 15.4. The Kier molecular flexibility index (Phi) is 5.68. The molecule has 2 aromatic heterocycles. The zero-order valence-electron chi connectivity index (χ0n) is 14.6. The minimum atomic E-state index is -0.557. The average molecular weight is 382 g/mol. The Labute approximate surface area is 159 Å². The Balaban J connectivity index is 1.63. The van der Waals surface area contributed by atoms with Crippen LogP contribution in [0.4, 0.5) is 9.80 Å². The lowest BCUT2D eigenvalue weighted by Crippen LogP contribution is -2.44. The van der Waals surface area contributed by atoms with E-state index in [9.17, 15) is 14.4 Å². The molecule has 0 unspecified atom stereocenters. The second-order valence-corrected chi connectivity index (χ2v) is 6.83. The normalized spacial score (nSPS) is 10.3. The number of nitrogens with one attached hydrogen (secondary N) is 3. The summed E-state index contributed by atoms with van der Waals surface area (Å²) in [5.74, 6) is -0.519. The molecule has 3 amide bonds. The van der Waals surface area contributed by atoms with Gasteiger partial charge in [0.25, 0.3) is 11.5 Å². The summed E-state index contributed by atoms with van der Waals surface area (Å²) in [7, 11) is 0. The molecule has 138 valence electrons. The number of hydrazine groups is 1. The summed E-state index contributed by atoms with van der Waals surface area (Å²) in [6, 6.07) is 13.5. The van der Waals surface area contributed by atoms with Crippen LogP contribution in [0.3, 0.4) is 0 Å². The third-order valence-corrected chi connectivity index (χ3v) is 4.55. The van der Waals surface area contributed by atoms with Crippen molar-refractivity contribution in [2.75, 3.05) is 5.32 Å². The molecule has 0 aliphatic rings. The molecule has 0 atom stereocenters. The highest BCUT2D eigenvalue weighted by Crippen LogP contribution is 2.14. The van der Waals surface area contributed by atoms with E-state index in [-0.39, 0.29) is 11.1 Å². The van der Waals surface area contributed by atoms with Gasteiger partial charge in [-0.15, -0.1) is 11.3 Å². The SMILES string of the molecule is Cc1ccc(Cn2cc(C(=O)NNC(=O)Nc3cccs3)ccc2=O)cc1. The lowest BCUT2D eigenvalue weighted by molar-refractivity contribution is 0.0937. The van der Waals surface area contributed by atoms with Gasteiger partial charge in [-0.3, -0.25) is 20.3 Å². The summed E-state index contributed by atoms with van der Waals surface area (Å²) in [6.45, 7) is 2.34. The zero-order chi connectivity index (χ0) is 19.2. The number of amides is 3. The summed E-state index contributed by atoms with van der Waals surface area (Å²) in [6.07, 6.45) is 1.47. The van der Waals surface area contributed by atoms with Crippen LogP contribution in [0.5, 0.6) is 0 Å². The largest absolute Gasteiger partial charge is 0.338 e. The average Bonchev–Trinajstić information content (AvgIpc) is 3.16.